The zero-order valence-corrected chi connectivity index (χ0v) is 12.1. The van der Waals surface area contributed by atoms with Gasteiger partial charge in [-0.2, -0.15) is 0 Å². The van der Waals surface area contributed by atoms with Gasteiger partial charge in [0.2, 0.25) is 0 Å². The lowest BCUT2D eigenvalue weighted by Crippen LogP contribution is -2.01. The zero-order chi connectivity index (χ0) is 14.1. The molecule has 0 saturated heterocycles. The van der Waals surface area contributed by atoms with E-state index >= 15 is 0 Å². The highest BCUT2D eigenvalue weighted by molar-refractivity contribution is 5.90. The van der Waals surface area contributed by atoms with Crippen LogP contribution in [0.25, 0.3) is 10.9 Å². The summed E-state index contributed by atoms with van der Waals surface area (Å²) in [4.78, 5) is 3.57. The summed E-state index contributed by atoms with van der Waals surface area (Å²) in [6.45, 7) is 0.625. The standard InChI is InChI=1S/C19H19NO/c1-2-7-14(8-3-1)13-21-18-12-6-11-17-19(18)15-9-4-5-10-16(15)20-17/h1-3,6-8,11-12,20H,4-5,9-10,13H2. The predicted molar refractivity (Wildman–Crippen MR) is 85.7 cm³/mol. The lowest BCUT2D eigenvalue weighted by Gasteiger charge is -2.13. The highest BCUT2D eigenvalue weighted by atomic mass is 16.5. The minimum absolute atomic E-state index is 0.625. The van der Waals surface area contributed by atoms with Crippen LogP contribution in [0.5, 0.6) is 5.75 Å². The Balaban J connectivity index is 1.70. The van der Waals surface area contributed by atoms with Crippen LogP contribution in [0.2, 0.25) is 0 Å². The van der Waals surface area contributed by atoms with Crippen LogP contribution in [0.1, 0.15) is 29.7 Å². The molecule has 3 aromatic rings. The van der Waals surface area contributed by atoms with Gasteiger partial charge in [-0.1, -0.05) is 36.4 Å². The summed E-state index contributed by atoms with van der Waals surface area (Å²) in [6.07, 6.45) is 4.91. The van der Waals surface area contributed by atoms with E-state index in [9.17, 15) is 0 Å². The minimum Gasteiger partial charge on any atom is -0.488 e. The first-order chi connectivity index (χ1) is 10.4. The van der Waals surface area contributed by atoms with Crippen molar-refractivity contribution in [2.75, 3.05) is 0 Å². The summed E-state index contributed by atoms with van der Waals surface area (Å²) in [6, 6.07) is 16.7. The fourth-order valence-electron chi connectivity index (χ4n) is 3.28. The fourth-order valence-corrected chi connectivity index (χ4v) is 3.28. The molecule has 1 aliphatic rings. The van der Waals surface area contributed by atoms with Crippen LogP contribution in [-0.2, 0) is 19.4 Å². The van der Waals surface area contributed by atoms with Crippen molar-refractivity contribution < 1.29 is 4.74 Å². The molecule has 0 fully saturated rings. The Hall–Kier alpha value is -2.22. The van der Waals surface area contributed by atoms with Crippen LogP contribution in [-0.4, -0.2) is 4.98 Å². The Labute approximate surface area is 124 Å². The molecule has 1 aliphatic carbocycles. The number of aromatic nitrogens is 1. The molecule has 0 saturated carbocycles. The van der Waals surface area contributed by atoms with Gasteiger partial charge in [0.1, 0.15) is 12.4 Å². The quantitative estimate of drug-likeness (QED) is 0.742. The molecule has 0 atom stereocenters. The van der Waals surface area contributed by atoms with E-state index in [0.29, 0.717) is 6.61 Å². The second-order valence-electron chi connectivity index (χ2n) is 5.74. The molecule has 1 aromatic heterocycles. The van der Waals surface area contributed by atoms with E-state index in [1.165, 1.54) is 53.4 Å². The van der Waals surface area contributed by atoms with Gasteiger partial charge in [-0.05, 0) is 48.9 Å². The highest BCUT2D eigenvalue weighted by Crippen LogP contribution is 2.35. The minimum atomic E-state index is 0.625. The molecule has 0 bridgehead atoms. The van der Waals surface area contributed by atoms with Gasteiger partial charge in [-0.3, -0.25) is 0 Å². The number of aromatic amines is 1. The summed E-state index contributed by atoms with van der Waals surface area (Å²) >= 11 is 0. The van der Waals surface area contributed by atoms with E-state index in [2.05, 4.69) is 47.4 Å². The van der Waals surface area contributed by atoms with Gasteiger partial charge in [0, 0.05) is 16.6 Å². The Kier molecular flexibility index (Phi) is 3.15. The first kappa shape index (κ1) is 12.5. The number of hydrogen-bond acceptors (Lipinski definition) is 1. The zero-order valence-electron chi connectivity index (χ0n) is 12.1. The van der Waals surface area contributed by atoms with Crippen molar-refractivity contribution in [2.24, 2.45) is 0 Å². The lowest BCUT2D eigenvalue weighted by molar-refractivity contribution is 0.310. The number of rotatable bonds is 3. The maximum Gasteiger partial charge on any atom is 0.129 e. The first-order valence-electron chi connectivity index (χ1n) is 7.71. The van der Waals surface area contributed by atoms with Crippen LogP contribution in [0.15, 0.2) is 48.5 Å². The number of aryl methyl sites for hydroxylation is 2. The predicted octanol–water partition coefficient (Wildman–Crippen LogP) is 4.63. The van der Waals surface area contributed by atoms with Crippen LogP contribution in [0, 0.1) is 0 Å². The molecule has 0 radical (unpaired) electrons. The molecule has 4 rings (SSSR count). The molecule has 0 amide bonds. The largest absolute Gasteiger partial charge is 0.488 e. The normalized spacial score (nSPS) is 14.1. The smallest absolute Gasteiger partial charge is 0.129 e. The number of H-pyrrole nitrogens is 1. The first-order valence-corrected chi connectivity index (χ1v) is 7.71. The molecule has 0 spiro atoms. The van der Waals surface area contributed by atoms with E-state index in [1.54, 1.807) is 0 Å². The summed E-state index contributed by atoms with van der Waals surface area (Å²) in [5.41, 5.74) is 5.30. The molecular formula is C19H19NO. The van der Waals surface area contributed by atoms with E-state index in [4.69, 9.17) is 4.74 Å². The second-order valence-corrected chi connectivity index (χ2v) is 5.74. The molecule has 0 unspecified atom stereocenters. The van der Waals surface area contributed by atoms with Gasteiger partial charge < -0.3 is 9.72 Å². The van der Waals surface area contributed by atoms with Gasteiger partial charge in [0.05, 0.1) is 0 Å². The van der Waals surface area contributed by atoms with Gasteiger partial charge in [-0.25, -0.2) is 0 Å². The van der Waals surface area contributed by atoms with Crippen molar-refractivity contribution in [2.45, 2.75) is 32.3 Å². The molecule has 21 heavy (non-hydrogen) atoms. The number of fused-ring (bicyclic) bond motifs is 3. The fraction of sp³-hybridized carbons (Fsp3) is 0.263. The SMILES string of the molecule is c1ccc(COc2cccc3[nH]c4c(c23)CCCC4)cc1. The second kappa shape index (κ2) is 5.28. The Morgan fingerprint density at radius 1 is 0.905 bits per heavy atom. The molecule has 2 aromatic carbocycles. The topological polar surface area (TPSA) is 25.0 Å². The number of ether oxygens (including phenoxy) is 1. The van der Waals surface area contributed by atoms with Crippen molar-refractivity contribution in [1.82, 2.24) is 4.98 Å². The van der Waals surface area contributed by atoms with E-state index < -0.39 is 0 Å². The third kappa shape index (κ3) is 2.31. The summed E-state index contributed by atoms with van der Waals surface area (Å²) in [5, 5.41) is 1.29. The van der Waals surface area contributed by atoms with Crippen molar-refractivity contribution in [3.8, 4) is 5.75 Å². The molecule has 0 aliphatic heterocycles. The number of benzene rings is 2. The van der Waals surface area contributed by atoms with E-state index in [0.717, 1.165) is 5.75 Å². The monoisotopic (exact) mass is 277 g/mol. The summed E-state index contributed by atoms with van der Waals surface area (Å²) in [5.74, 6) is 1.01. The maximum atomic E-state index is 6.11. The summed E-state index contributed by atoms with van der Waals surface area (Å²) < 4.78 is 6.11. The average Bonchev–Trinajstić information content (AvgIpc) is 2.93. The molecular weight excluding hydrogens is 258 g/mol. The van der Waals surface area contributed by atoms with Crippen LogP contribution in [0.4, 0.5) is 0 Å². The van der Waals surface area contributed by atoms with Crippen LogP contribution in [0.3, 0.4) is 0 Å². The van der Waals surface area contributed by atoms with E-state index in [1.807, 2.05) is 6.07 Å². The van der Waals surface area contributed by atoms with Crippen LogP contribution < -0.4 is 4.74 Å². The van der Waals surface area contributed by atoms with Gasteiger partial charge in [0.25, 0.3) is 0 Å². The van der Waals surface area contributed by atoms with Crippen molar-refractivity contribution in [1.29, 1.82) is 0 Å². The molecule has 2 nitrogen and oxygen atoms in total. The Morgan fingerprint density at radius 2 is 1.76 bits per heavy atom. The lowest BCUT2D eigenvalue weighted by atomic mass is 9.95. The highest BCUT2D eigenvalue weighted by Gasteiger charge is 2.18. The molecule has 106 valence electrons. The van der Waals surface area contributed by atoms with Crippen LogP contribution >= 0.6 is 0 Å². The average molecular weight is 277 g/mol. The Bertz CT molecular complexity index is 758. The molecule has 2 heteroatoms. The van der Waals surface area contributed by atoms with Crippen molar-refractivity contribution >= 4 is 10.9 Å². The van der Waals surface area contributed by atoms with Gasteiger partial charge in [0.15, 0.2) is 0 Å². The molecule has 1 N–H and O–H groups in total. The third-order valence-electron chi connectivity index (χ3n) is 4.32. The maximum absolute atomic E-state index is 6.11. The van der Waals surface area contributed by atoms with Gasteiger partial charge in [-0.15, -0.1) is 0 Å². The molecule has 1 heterocycles. The van der Waals surface area contributed by atoms with Crippen molar-refractivity contribution in [3.63, 3.8) is 0 Å². The third-order valence-corrected chi connectivity index (χ3v) is 4.32. The number of nitrogens with one attached hydrogen (secondary N) is 1. The van der Waals surface area contributed by atoms with Gasteiger partial charge >= 0.3 is 0 Å². The summed E-state index contributed by atoms with van der Waals surface area (Å²) in [7, 11) is 0. The number of hydrogen-bond donors (Lipinski definition) is 1. The Morgan fingerprint density at radius 3 is 2.67 bits per heavy atom. The van der Waals surface area contributed by atoms with E-state index in [-0.39, 0.29) is 0 Å². The van der Waals surface area contributed by atoms with Crippen molar-refractivity contribution in [3.05, 3.63) is 65.4 Å².